The van der Waals surface area contributed by atoms with Crippen LogP contribution in [0.25, 0.3) is 0 Å². The minimum atomic E-state index is -1.71. The molecule has 0 aromatic carbocycles. The van der Waals surface area contributed by atoms with Gasteiger partial charge in [0, 0.05) is 13.0 Å². The van der Waals surface area contributed by atoms with E-state index in [4.69, 9.17) is 28.4 Å². The number of carbonyl (C=O) groups is 1. The Balaban J connectivity index is 1.68. The van der Waals surface area contributed by atoms with E-state index in [9.17, 15) is 40.5 Å². The number of esters is 1. The summed E-state index contributed by atoms with van der Waals surface area (Å²) in [5.74, 6) is -0.377. The molecule has 0 amide bonds. The summed E-state index contributed by atoms with van der Waals surface area (Å²) in [6.07, 6.45) is 40.7. The van der Waals surface area contributed by atoms with E-state index in [1.54, 1.807) is 0 Å². The number of ether oxygens (including phenoxy) is 6. The molecule has 14 heteroatoms. The summed E-state index contributed by atoms with van der Waals surface area (Å²) in [6, 6.07) is 0. The number of aliphatic hydroxyl groups is 7. The molecule has 0 radical (unpaired) electrons. The second-order valence-electron chi connectivity index (χ2n) is 21.5. The van der Waals surface area contributed by atoms with Crippen LogP contribution in [-0.4, -0.2) is 142 Å². The van der Waals surface area contributed by atoms with Gasteiger partial charge in [0.25, 0.3) is 0 Å². The van der Waals surface area contributed by atoms with Gasteiger partial charge in [-0.25, -0.2) is 0 Å². The van der Waals surface area contributed by atoms with Gasteiger partial charge in [0.2, 0.25) is 0 Å². The number of carbonyl (C=O) groups excluding carboxylic acids is 1. The Morgan fingerprint density at radius 2 is 0.827 bits per heavy atom. The van der Waals surface area contributed by atoms with Crippen LogP contribution in [0.5, 0.6) is 0 Å². The van der Waals surface area contributed by atoms with Gasteiger partial charge in [0.15, 0.2) is 12.6 Å². The molecule has 2 aliphatic heterocycles. The van der Waals surface area contributed by atoms with Gasteiger partial charge < -0.3 is 64.2 Å². The van der Waals surface area contributed by atoms with E-state index in [0.29, 0.717) is 13.0 Å². The fourth-order valence-electron chi connectivity index (χ4n) is 9.66. The largest absolute Gasteiger partial charge is 0.457 e. The fourth-order valence-corrected chi connectivity index (χ4v) is 9.66. The van der Waals surface area contributed by atoms with E-state index in [1.165, 1.54) is 161 Å². The van der Waals surface area contributed by atoms with E-state index in [1.807, 2.05) is 0 Å². The van der Waals surface area contributed by atoms with Gasteiger partial charge in [-0.1, -0.05) is 204 Å². The zero-order chi connectivity index (χ0) is 54.4. The zero-order valence-electron chi connectivity index (χ0n) is 47.3. The number of hydrogen-bond donors (Lipinski definition) is 7. The van der Waals surface area contributed by atoms with Gasteiger partial charge >= 0.3 is 5.97 Å². The zero-order valence-corrected chi connectivity index (χ0v) is 47.3. The standard InChI is InChI=1S/C61H112O14/c1-3-5-7-9-11-13-15-17-19-21-22-23-24-25-26-27-28-29-30-32-34-36-38-40-42-44-53(63)73-50(47-70-45-43-41-39-37-35-33-31-20-18-16-14-12-10-8-6-4-2)48-71-60-59(69)57(67)55(65)52(75-60)49-72-61-58(68)56(66)54(64)51(46-62)74-61/h12,14,18,20-22,50-52,54-62,64-69H,3-11,13,15-17,19,23-49H2,1-2H3/b14-12-,20-18-,22-21-. The second kappa shape index (κ2) is 48.1. The van der Waals surface area contributed by atoms with Crippen molar-refractivity contribution in [2.45, 2.75) is 313 Å². The first-order valence-corrected chi connectivity index (χ1v) is 30.6. The maximum absolute atomic E-state index is 13.1. The smallest absolute Gasteiger partial charge is 0.306 e. The molecule has 75 heavy (non-hydrogen) atoms. The third kappa shape index (κ3) is 34.7. The lowest BCUT2D eigenvalue weighted by molar-refractivity contribution is -0.332. The van der Waals surface area contributed by atoms with Crippen LogP contribution in [-0.2, 0) is 33.2 Å². The lowest BCUT2D eigenvalue weighted by atomic mass is 9.98. The summed E-state index contributed by atoms with van der Waals surface area (Å²) in [5.41, 5.74) is 0. The Morgan fingerprint density at radius 1 is 0.440 bits per heavy atom. The highest BCUT2D eigenvalue weighted by molar-refractivity contribution is 5.69. The summed E-state index contributed by atoms with van der Waals surface area (Å²) in [7, 11) is 0. The quantitative estimate of drug-likeness (QED) is 0.0172. The van der Waals surface area contributed by atoms with E-state index in [0.717, 1.165) is 57.8 Å². The molecule has 14 nitrogen and oxygen atoms in total. The third-order valence-electron chi connectivity index (χ3n) is 14.6. The van der Waals surface area contributed by atoms with Crippen LogP contribution in [0.3, 0.4) is 0 Å². The van der Waals surface area contributed by atoms with Crippen molar-refractivity contribution < 1.29 is 69.0 Å². The predicted molar refractivity (Wildman–Crippen MR) is 298 cm³/mol. The van der Waals surface area contributed by atoms with Gasteiger partial charge in [-0.2, -0.15) is 0 Å². The molecule has 11 unspecified atom stereocenters. The van der Waals surface area contributed by atoms with Crippen molar-refractivity contribution in [2.24, 2.45) is 0 Å². The summed E-state index contributed by atoms with van der Waals surface area (Å²) >= 11 is 0. The van der Waals surface area contributed by atoms with Crippen molar-refractivity contribution in [1.82, 2.24) is 0 Å². The minimum absolute atomic E-state index is 0.0563. The van der Waals surface area contributed by atoms with Crippen molar-refractivity contribution in [2.75, 3.05) is 33.0 Å². The molecule has 7 N–H and O–H groups in total. The maximum Gasteiger partial charge on any atom is 0.306 e. The Bertz CT molecular complexity index is 1380. The molecule has 2 fully saturated rings. The molecule has 0 aromatic heterocycles. The molecule has 0 saturated carbocycles. The molecule has 2 aliphatic rings. The van der Waals surface area contributed by atoms with Gasteiger partial charge in [-0.15, -0.1) is 0 Å². The summed E-state index contributed by atoms with van der Waals surface area (Å²) in [6.45, 7) is 3.67. The van der Waals surface area contributed by atoms with E-state index >= 15 is 0 Å². The average molecular weight is 1070 g/mol. The normalized spacial score (nSPS) is 24.8. The molecule has 0 bridgehead atoms. The Hall–Kier alpha value is -1.79. The first-order valence-electron chi connectivity index (χ1n) is 30.6. The number of allylic oxidation sites excluding steroid dienone is 6. The summed E-state index contributed by atoms with van der Waals surface area (Å²) < 4.78 is 34.4. The average Bonchev–Trinajstić information content (AvgIpc) is 3.41. The lowest BCUT2D eigenvalue weighted by Crippen LogP contribution is -2.61. The molecule has 2 rings (SSSR count). The number of hydrogen-bond acceptors (Lipinski definition) is 14. The van der Waals surface area contributed by atoms with E-state index in [2.05, 4.69) is 50.3 Å². The van der Waals surface area contributed by atoms with Gasteiger partial charge in [0.1, 0.15) is 54.9 Å². The van der Waals surface area contributed by atoms with Crippen molar-refractivity contribution >= 4 is 5.97 Å². The van der Waals surface area contributed by atoms with Gasteiger partial charge in [-0.05, 0) is 70.6 Å². The van der Waals surface area contributed by atoms with Crippen LogP contribution in [0, 0.1) is 0 Å². The fraction of sp³-hybridized carbons (Fsp3) is 0.885. The molecular weight excluding hydrogens is 957 g/mol. The highest BCUT2D eigenvalue weighted by Gasteiger charge is 2.47. The SMILES string of the molecule is CCCCC/C=C\C/C=C\CCCCCCCCOCC(COC1OC(COC2OC(CO)C(O)C(O)C2O)C(O)C(O)C1O)OC(=O)CCCCCCCCCCCCCCC/C=C\CCCCCCCCCC. The molecule has 2 heterocycles. The Kier molecular flexibility index (Phi) is 44.5. The Morgan fingerprint density at radius 3 is 1.32 bits per heavy atom. The molecule has 11 atom stereocenters. The van der Waals surface area contributed by atoms with Crippen LogP contribution < -0.4 is 0 Å². The Labute approximate surface area is 455 Å². The second-order valence-corrected chi connectivity index (χ2v) is 21.5. The van der Waals surface area contributed by atoms with Crippen LogP contribution in [0.15, 0.2) is 36.5 Å². The molecule has 0 aliphatic carbocycles. The van der Waals surface area contributed by atoms with Crippen LogP contribution >= 0.6 is 0 Å². The van der Waals surface area contributed by atoms with E-state index < -0.39 is 80.7 Å². The van der Waals surface area contributed by atoms with Crippen molar-refractivity contribution in [3.63, 3.8) is 0 Å². The van der Waals surface area contributed by atoms with Crippen LogP contribution in [0.2, 0.25) is 0 Å². The highest BCUT2D eigenvalue weighted by Crippen LogP contribution is 2.27. The number of rotatable bonds is 50. The topological polar surface area (TPSA) is 214 Å². The number of aliphatic hydroxyl groups excluding tert-OH is 7. The van der Waals surface area contributed by atoms with Gasteiger partial charge in [0.05, 0.1) is 26.4 Å². The first-order chi connectivity index (χ1) is 36.6. The van der Waals surface area contributed by atoms with Crippen molar-refractivity contribution in [3.05, 3.63) is 36.5 Å². The molecule has 0 aromatic rings. The van der Waals surface area contributed by atoms with Gasteiger partial charge in [-0.3, -0.25) is 4.79 Å². The third-order valence-corrected chi connectivity index (χ3v) is 14.6. The van der Waals surface area contributed by atoms with E-state index in [-0.39, 0.29) is 25.6 Å². The first kappa shape index (κ1) is 69.3. The summed E-state index contributed by atoms with van der Waals surface area (Å²) in [5, 5.41) is 72.4. The highest BCUT2D eigenvalue weighted by atomic mass is 16.7. The van der Waals surface area contributed by atoms with Crippen molar-refractivity contribution in [3.8, 4) is 0 Å². The molecule has 0 spiro atoms. The predicted octanol–water partition coefficient (Wildman–Crippen LogP) is 11.3. The lowest BCUT2D eigenvalue weighted by Gasteiger charge is -2.42. The summed E-state index contributed by atoms with van der Waals surface area (Å²) in [4.78, 5) is 13.1. The van der Waals surface area contributed by atoms with Crippen LogP contribution in [0.1, 0.15) is 245 Å². The molecule has 2 saturated heterocycles. The molecular formula is C61H112O14. The van der Waals surface area contributed by atoms with Crippen LogP contribution in [0.4, 0.5) is 0 Å². The maximum atomic E-state index is 13.1. The minimum Gasteiger partial charge on any atom is -0.457 e. The molecule has 440 valence electrons. The number of unbranched alkanes of at least 4 members (excludes halogenated alkanes) is 30. The monoisotopic (exact) mass is 1070 g/mol. The van der Waals surface area contributed by atoms with Crippen molar-refractivity contribution in [1.29, 1.82) is 0 Å².